The van der Waals surface area contributed by atoms with Crippen LogP contribution < -0.4 is 4.74 Å². The number of ether oxygens (including phenoxy) is 1. The number of carbonyl (C=O) groups is 1. The van der Waals surface area contributed by atoms with Crippen LogP contribution >= 0.6 is 11.6 Å². The molecule has 7 heteroatoms. The number of unbranched alkanes of at least 4 members (excludes halogenated alkanes) is 1. The second-order valence-corrected chi connectivity index (χ2v) is 5.49. The number of allylic oxidation sites excluding steroid dienone is 1. The van der Waals surface area contributed by atoms with Gasteiger partial charge in [-0.3, -0.25) is 0 Å². The van der Waals surface area contributed by atoms with Crippen LogP contribution in [0.3, 0.4) is 0 Å². The van der Waals surface area contributed by atoms with E-state index in [2.05, 4.69) is 0 Å². The number of halogens is 4. The summed E-state index contributed by atoms with van der Waals surface area (Å²) >= 11 is 5.96. The van der Waals surface area contributed by atoms with Gasteiger partial charge in [0.15, 0.2) is 0 Å². The highest BCUT2D eigenvalue weighted by Gasteiger charge is 2.48. The van der Waals surface area contributed by atoms with Crippen LogP contribution in [0.25, 0.3) is 12.2 Å². The number of hydrogen-bond donors (Lipinski definition) is 1. The molecule has 0 bridgehead atoms. The van der Waals surface area contributed by atoms with Gasteiger partial charge in [-0.05, 0) is 24.6 Å². The molecule has 2 rings (SSSR count). The predicted molar refractivity (Wildman–Crippen MR) is 81.5 cm³/mol. The van der Waals surface area contributed by atoms with Gasteiger partial charge >= 0.3 is 12.1 Å². The number of rotatable bonds is 4. The van der Waals surface area contributed by atoms with Crippen LogP contribution in [-0.2, 0) is 4.79 Å². The summed E-state index contributed by atoms with van der Waals surface area (Å²) in [5.74, 6) is -1.70. The molecule has 0 aliphatic carbocycles. The van der Waals surface area contributed by atoms with E-state index < -0.39 is 23.8 Å². The lowest BCUT2D eigenvalue weighted by atomic mass is 9.98. The Bertz CT molecular complexity index is 678. The Kier molecular flexibility index (Phi) is 5.04. The van der Waals surface area contributed by atoms with Gasteiger partial charge in [0, 0.05) is 16.1 Å². The zero-order chi connectivity index (χ0) is 17.2. The van der Waals surface area contributed by atoms with Crippen molar-refractivity contribution in [3.8, 4) is 5.75 Å². The second-order valence-electron chi connectivity index (χ2n) is 5.05. The quantitative estimate of drug-likeness (QED) is 0.839. The number of hydrogen-bond acceptors (Lipinski definition) is 2. The van der Waals surface area contributed by atoms with E-state index in [-0.39, 0.29) is 16.3 Å². The lowest BCUT2D eigenvalue weighted by Crippen LogP contribution is -2.40. The molecule has 23 heavy (non-hydrogen) atoms. The summed E-state index contributed by atoms with van der Waals surface area (Å²) in [6, 6.07) is 2.86. The average Bonchev–Trinajstić information content (AvgIpc) is 2.44. The monoisotopic (exact) mass is 346 g/mol. The standard InChI is InChI=1S/C16H14ClF3O3/c1-2-3-4-5-9-6-11(17)7-10-8-12(15(21)22)14(16(18,19)20)23-13(9)10/h4-8,14H,2-3H2,1H3,(H,21,22)/t14-/m0/s1. The molecule has 0 fully saturated rings. The zero-order valence-corrected chi connectivity index (χ0v) is 12.9. The molecule has 124 valence electrons. The normalized spacial score (nSPS) is 17.6. The minimum Gasteiger partial charge on any atom is -0.478 e. The van der Waals surface area contributed by atoms with Crippen molar-refractivity contribution in [1.82, 2.24) is 0 Å². The van der Waals surface area contributed by atoms with Gasteiger partial charge in [0.05, 0.1) is 5.57 Å². The molecule has 1 heterocycles. The van der Waals surface area contributed by atoms with Crippen LogP contribution in [0, 0.1) is 0 Å². The van der Waals surface area contributed by atoms with Crippen molar-refractivity contribution in [2.75, 3.05) is 0 Å². The van der Waals surface area contributed by atoms with E-state index in [1.165, 1.54) is 12.1 Å². The Morgan fingerprint density at radius 3 is 2.70 bits per heavy atom. The Balaban J connectivity index is 2.56. The summed E-state index contributed by atoms with van der Waals surface area (Å²) in [7, 11) is 0. The van der Waals surface area contributed by atoms with Crippen molar-refractivity contribution in [1.29, 1.82) is 0 Å². The average molecular weight is 347 g/mol. The van der Waals surface area contributed by atoms with Gasteiger partial charge < -0.3 is 9.84 Å². The molecular formula is C16H14ClF3O3. The molecular weight excluding hydrogens is 333 g/mol. The first-order valence-corrected chi connectivity index (χ1v) is 7.30. The number of alkyl halides is 3. The van der Waals surface area contributed by atoms with Gasteiger partial charge in [-0.25, -0.2) is 4.79 Å². The van der Waals surface area contributed by atoms with E-state index in [0.717, 1.165) is 18.9 Å². The number of benzene rings is 1. The molecule has 0 radical (unpaired) electrons. The maximum Gasteiger partial charge on any atom is 0.430 e. The first kappa shape index (κ1) is 17.4. The molecule has 1 aliphatic rings. The van der Waals surface area contributed by atoms with Crippen molar-refractivity contribution in [2.24, 2.45) is 0 Å². The van der Waals surface area contributed by atoms with Crippen LogP contribution in [0.5, 0.6) is 5.75 Å². The third-order valence-electron chi connectivity index (χ3n) is 3.24. The summed E-state index contributed by atoms with van der Waals surface area (Å²) < 4.78 is 44.3. The second kappa shape index (κ2) is 6.66. The topological polar surface area (TPSA) is 46.5 Å². The Morgan fingerprint density at radius 1 is 1.43 bits per heavy atom. The van der Waals surface area contributed by atoms with Crippen molar-refractivity contribution in [3.63, 3.8) is 0 Å². The van der Waals surface area contributed by atoms with Crippen molar-refractivity contribution in [3.05, 3.63) is 39.9 Å². The third-order valence-corrected chi connectivity index (χ3v) is 3.46. The molecule has 1 aromatic rings. The van der Waals surface area contributed by atoms with Crippen LogP contribution in [0.1, 0.15) is 30.9 Å². The van der Waals surface area contributed by atoms with Crippen LogP contribution in [0.15, 0.2) is 23.8 Å². The highest BCUT2D eigenvalue weighted by Crippen LogP contribution is 2.40. The highest BCUT2D eigenvalue weighted by molar-refractivity contribution is 6.31. The molecule has 1 atom stereocenters. The molecule has 0 amide bonds. The van der Waals surface area contributed by atoms with E-state index in [1.54, 1.807) is 12.2 Å². The maximum atomic E-state index is 13.1. The lowest BCUT2D eigenvalue weighted by molar-refractivity contribution is -0.187. The largest absolute Gasteiger partial charge is 0.478 e. The van der Waals surface area contributed by atoms with Crippen LogP contribution in [0.4, 0.5) is 13.2 Å². The first-order chi connectivity index (χ1) is 10.7. The fourth-order valence-electron chi connectivity index (χ4n) is 2.22. The summed E-state index contributed by atoms with van der Waals surface area (Å²) in [5, 5.41) is 9.30. The molecule has 1 aromatic carbocycles. The van der Waals surface area contributed by atoms with Gasteiger partial charge in [-0.2, -0.15) is 13.2 Å². The maximum absolute atomic E-state index is 13.1. The minimum atomic E-state index is -4.83. The fraction of sp³-hybridized carbons (Fsp3) is 0.312. The van der Waals surface area contributed by atoms with Gasteiger partial charge in [-0.1, -0.05) is 37.1 Å². The third kappa shape index (κ3) is 3.88. The van der Waals surface area contributed by atoms with Crippen LogP contribution in [-0.4, -0.2) is 23.4 Å². The number of carboxylic acid groups (broad SMARTS) is 1. The van der Waals surface area contributed by atoms with Crippen molar-refractivity contribution >= 4 is 29.7 Å². The summed E-state index contributed by atoms with van der Waals surface area (Å²) in [6.07, 6.45) is -1.31. The van der Waals surface area contributed by atoms with E-state index >= 15 is 0 Å². The number of aliphatic carboxylic acids is 1. The molecule has 0 saturated carbocycles. The van der Waals surface area contributed by atoms with E-state index in [9.17, 15) is 18.0 Å². The van der Waals surface area contributed by atoms with Gasteiger partial charge in [0.25, 0.3) is 0 Å². The van der Waals surface area contributed by atoms with Crippen molar-refractivity contribution < 1.29 is 27.8 Å². The number of carboxylic acids is 1. The number of fused-ring (bicyclic) bond motifs is 1. The van der Waals surface area contributed by atoms with Gasteiger partial charge in [0.2, 0.25) is 6.10 Å². The molecule has 1 N–H and O–H groups in total. The molecule has 1 aliphatic heterocycles. The van der Waals surface area contributed by atoms with Gasteiger partial charge in [0.1, 0.15) is 5.75 Å². The summed E-state index contributed by atoms with van der Waals surface area (Å²) in [4.78, 5) is 11.1. The SMILES string of the molecule is CCCC=Cc1cc(Cl)cc2c1O[C@H](C(F)(F)F)C(C(=O)O)=C2. The predicted octanol–water partition coefficient (Wildman–Crippen LogP) is 4.94. The zero-order valence-electron chi connectivity index (χ0n) is 12.2. The van der Waals surface area contributed by atoms with Crippen LogP contribution in [0.2, 0.25) is 5.02 Å². The molecule has 3 nitrogen and oxygen atoms in total. The van der Waals surface area contributed by atoms with E-state index in [0.29, 0.717) is 5.56 Å². The first-order valence-electron chi connectivity index (χ1n) is 6.92. The molecule has 0 saturated heterocycles. The molecule has 0 spiro atoms. The van der Waals surface area contributed by atoms with Crippen molar-refractivity contribution in [2.45, 2.75) is 32.0 Å². The molecule has 0 aromatic heterocycles. The minimum absolute atomic E-state index is 0.0194. The fourth-order valence-corrected chi connectivity index (χ4v) is 2.46. The highest BCUT2D eigenvalue weighted by atomic mass is 35.5. The van der Waals surface area contributed by atoms with E-state index in [1.807, 2.05) is 6.92 Å². The van der Waals surface area contributed by atoms with E-state index in [4.69, 9.17) is 21.4 Å². The Morgan fingerprint density at radius 2 is 2.13 bits per heavy atom. The molecule has 0 unspecified atom stereocenters. The smallest absolute Gasteiger partial charge is 0.430 e. The summed E-state index contributed by atoms with van der Waals surface area (Å²) in [6.45, 7) is 1.97. The lowest BCUT2D eigenvalue weighted by Gasteiger charge is -2.28. The summed E-state index contributed by atoms with van der Waals surface area (Å²) in [5.41, 5.74) is -0.266. The Labute approximate surface area is 136 Å². The Hall–Kier alpha value is -1.95. The van der Waals surface area contributed by atoms with Gasteiger partial charge in [-0.15, -0.1) is 0 Å².